The van der Waals surface area contributed by atoms with Gasteiger partial charge in [-0.3, -0.25) is 4.84 Å². The number of halogens is 2. The Morgan fingerprint density at radius 1 is 0.882 bits per heavy atom. The molecule has 0 fully saturated rings. The number of rotatable bonds is 2. The van der Waals surface area contributed by atoms with E-state index in [0.717, 1.165) is 27.4 Å². The summed E-state index contributed by atoms with van der Waals surface area (Å²) in [5.74, 6) is 0.767. The van der Waals surface area contributed by atoms with Crippen molar-refractivity contribution in [2.24, 2.45) is 0 Å². The zero-order valence-corrected chi connectivity index (χ0v) is 20.7. The van der Waals surface area contributed by atoms with E-state index in [-0.39, 0.29) is 23.9 Å². The summed E-state index contributed by atoms with van der Waals surface area (Å²) in [6, 6.07) is 30.7. The summed E-state index contributed by atoms with van der Waals surface area (Å²) in [5, 5.41) is 3.39. The lowest BCUT2D eigenvalue weighted by Crippen LogP contribution is -3.16. The van der Waals surface area contributed by atoms with Crippen LogP contribution < -0.4 is 27.5 Å². The van der Waals surface area contributed by atoms with Crippen LogP contribution in [0, 0.1) is 5.82 Å². The second-order valence-corrected chi connectivity index (χ2v) is 11.1. The molecule has 3 nitrogen and oxygen atoms in total. The van der Waals surface area contributed by atoms with Gasteiger partial charge in [0.05, 0.1) is 12.2 Å². The van der Waals surface area contributed by atoms with Gasteiger partial charge in [0, 0.05) is 23.5 Å². The highest BCUT2D eigenvalue weighted by Crippen LogP contribution is 2.54. The van der Waals surface area contributed by atoms with Gasteiger partial charge < -0.3 is 12.4 Å². The topological polar surface area (TPSA) is 16.9 Å². The smallest absolute Gasteiger partial charge is 0.206 e. The minimum atomic E-state index is -0.771. The maximum Gasteiger partial charge on any atom is 0.206 e. The van der Waals surface area contributed by atoms with Crippen molar-refractivity contribution in [3.63, 3.8) is 0 Å². The Morgan fingerprint density at radius 3 is 2.26 bits per heavy atom. The quantitative estimate of drug-likeness (QED) is 0.435. The molecule has 3 atom stereocenters. The Bertz CT molecular complexity index is 1340. The summed E-state index contributed by atoms with van der Waals surface area (Å²) in [4.78, 5) is 7.77. The van der Waals surface area contributed by atoms with E-state index in [9.17, 15) is 4.39 Å². The Hall–Kier alpha value is -2.75. The van der Waals surface area contributed by atoms with E-state index in [1.54, 1.807) is 12.1 Å². The zero-order chi connectivity index (χ0) is 22.5. The molecule has 0 bridgehead atoms. The first kappa shape index (κ1) is 23.0. The van der Waals surface area contributed by atoms with Gasteiger partial charge in [-0.2, -0.15) is 0 Å². The molecule has 0 aromatic heterocycles. The SMILES string of the molecule is CC1c2cc(-c3ccccc3)cc(-c3ccccc3)c2O[NH+]2N(C)Cc3cc(F)ccc3P12.[Cl-]. The number of fused-ring (bicyclic) bond motifs is 4. The van der Waals surface area contributed by atoms with E-state index >= 15 is 0 Å². The Kier molecular flexibility index (Phi) is 6.18. The van der Waals surface area contributed by atoms with Crippen LogP contribution in [-0.4, -0.2) is 12.1 Å². The summed E-state index contributed by atoms with van der Waals surface area (Å²) >= 11 is 0. The van der Waals surface area contributed by atoms with E-state index in [1.165, 1.54) is 22.0 Å². The van der Waals surface area contributed by atoms with Crippen LogP contribution in [0.2, 0.25) is 0 Å². The van der Waals surface area contributed by atoms with Gasteiger partial charge in [0.2, 0.25) is 13.8 Å². The summed E-state index contributed by atoms with van der Waals surface area (Å²) in [7, 11) is 1.28. The predicted molar refractivity (Wildman–Crippen MR) is 132 cm³/mol. The van der Waals surface area contributed by atoms with Crippen LogP contribution >= 0.6 is 8.07 Å². The molecular weight excluding hydrogens is 466 g/mol. The van der Waals surface area contributed by atoms with E-state index in [4.69, 9.17) is 4.84 Å². The molecule has 0 saturated heterocycles. The highest BCUT2D eigenvalue weighted by Gasteiger charge is 2.48. The van der Waals surface area contributed by atoms with Crippen molar-refractivity contribution < 1.29 is 26.6 Å². The van der Waals surface area contributed by atoms with Gasteiger partial charge in [-0.1, -0.05) is 65.6 Å². The first-order valence-electron chi connectivity index (χ1n) is 11.2. The fraction of sp³-hybridized carbons (Fsp3) is 0.143. The first-order chi connectivity index (χ1) is 16.1. The Labute approximate surface area is 206 Å². The Morgan fingerprint density at radius 2 is 1.56 bits per heavy atom. The van der Waals surface area contributed by atoms with Gasteiger partial charge in [-0.05, 0) is 59.5 Å². The number of nitrogens with zero attached hydrogens (tertiary/aromatic N) is 1. The third-order valence-corrected chi connectivity index (χ3v) is 9.43. The summed E-state index contributed by atoms with van der Waals surface area (Å²) < 4.78 is 14.0. The maximum atomic E-state index is 14.0. The third-order valence-electron chi connectivity index (χ3n) is 6.58. The van der Waals surface area contributed by atoms with Crippen molar-refractivity contribution in [3.8, 4) is 28.0 Å². The maximum absolute atomic E-state index is 14.0. The average molecular weight is 491 g/mol. The zero-order valence-electron chi connectivity index (χ0n) is 19.0. The van der Waals surface area contributed by atoms with E-state index in [2.05, 4.69) is 79.6 Å². The molecule has 2 heterocycles. The molecule has 3 unspecified atom stereocenters. The second-order valence-electron chi connectivity index (χ2n) is 8.73. The molecule has 2 aliphatic rings. The monoisotopic (exact) mass is 490 g/mol. The molecule has 4 aromatic rings. The van der Waals surface area contributed by atoms with E-state index in [1.807, 2.05) is 18.2 Å². The van der Waals surface area contributed by atoms with Crippen LogP contribution in [0.1, 0.15) is 23.7 Å². The molecule has 34 heavy (non-hydrogen) atoms. The number of nitrogens with one attached hydrogen (secondary N) is 1. The second kappa shape index (κ2) is 9.13. The van der Waals surface area contributed by atoms with Crippen LogP contribution in [0.5, 0.6) is 5.75 Å². The molecule has 0 aliphatic carbocycles. The first-order valence-corrected chi connectivity index (χ1v) is 12.6. The number of benzene rings is 4. The van der Waals surface area contributed by atoms with Crippen LogP contribution in [0.15, 0.2) is 91.0 Å². The molecule has 0 amide bonds. The van der Waals surface area contributed by atoms with Crippen LogP contribution in [0.4, 0.5) is 4.39 Å². The normalized spacial score (nSPS) is 20.9. The molecular formula is C28H25ClFN2OP. The number of hydrogen-bond acceptors (Lipinski definition) is 2. The van der Waals surface area contributed by atoms with Crippen LogP contribution in [0.25, 0.3) is 22.3 Å². The van der Waals surface area contributed by atoms with Crippen molar-refractivity contribution in [1.82, 2.24) is 5.01 Å². The molecule has 0 radical (unpaired) electrons. The minimum absolute atomic E-state index is 0. The lowest BCUT2D eigenvalue weighted by atomic mass is 9.94. The van der Waals surface area contributed by atoms with Crippen molar-refractivity contribution in [2.75, 3.05) is 7.05 Å². The average Bonchev–Trinajstić information content (AvgIpc) is 2.85. The van der Waals surface area contributed by atoms with E-state index < -0.39 is 8.07 Å². The van der Waals surface area contributed by atoms with Gasteiger partial charge in [0.25, 0.3) is 0 Å². The van der Waals surface area contributed by atoms with E-state index in [0.29, 0.717) is 6.54 Å². The van der Waals surface area contributed by atoms with Crippen molar-refractivity contribution >= 4 is 13.4 Å². The van der Waals surface area contributed by atoms with Crippen molar-refractivity contribution in [1.29, 1.82) is 0 Å². The summed E-state index contributed by atoms with van der Waals surface area (Å²) in [5.41, 5.74) is 7.16. The molecule has 2 aliphatic heterocycles. The van der Waals surface area contributed by atoms with Gasteiger partial charge in [0.15, 0.2) is 0 Å². The van der Waals surface area contributed by atoms with Gasteiger partial charge >= 0.3 is 0 Å². The van der Waals surface area contributed by atoms with Gasteiger partial charge in [0.1, 0.15) is 5.82 Å². The molecule has 6 heteroatoms. The predicted octanol–water partition coefficient (Wildman–Crippen LogP) is 2.50. The van der Waals surface area contributed by atoms with Crippen LogP contribution in [-0.2, 0) is 6.54 Å². The molecule has 1 N–H and O–H groups in total. The minimum Gasteiger partial charge on any atom is -1.00 e. The highest BCUT2D eigenvalue weighted by atomic mass is 35.5. The molecule has 0 spiro atoms. The van der Waals surface area contributed by atoms with Crippen molar-refractivity contribution in [2.45, 2.75) is 19.1 Å². The largest absolute Gasteiger partial charge is 1.00 e. The number of hydrogen-bond donors (Lipinski definition) is 1. The fourth-order valence-corrected chi connectivity index (χ4v) is 7.70. The lowest BCUT2D eigenvalue weighted by Gasteiger charge is -2.42. The summed E-state index contributed by atoms with van der Waals surface area (Å²) in [6.07, 6.45) is 0. The molecule has 6 rings (SSSR count). The summed E-state index contributed by atoms with van der Waals surface area (Å²) in [6.45, 7) is 2.95. The third kappa shape index (κ3) is 3.81. The molecule has 172 valence electrons. The Balaban J connectivity index is 0.00000241. The standard InChI is InChI=1S/C28H24FN2OP.ClH/c1-19-25-16-22(20-9-5-3-6-10-20)17-26(21-11-7-4-8-12-21)28(25)32-31-30(2)18-23-15-24(29)13-14-27(23)33(19)31;/h3-17,19H,18H2,1-2H3;1H. The van der Waals surface area contributed by atoms with Gasteiger partial charge in [-0.25, -0.2) is 4.39 Å². The fourth-order valence-electron chi connectivity index (χ4n) is 4.96. The molecule has 0 saturated carbocycles. The number of quaternary nitrogens is 1. The highest BCUT2D eigenvalue weighted by molar-refractivity contribution is 7.59. The van der Waals surface area contributed by atoms with Gasteiger partial charge in [-0.15, -0.1) is 5.01 Å². The van der Waals surface area contributed by atoms with Crippen molar-refractivity contribution in [3.05, 3.63) is 108 Å². The molecule has 4 aromatic carbocycles. The van der Waals surface area contributed by atoms with Crippen LogP contribution in [0.3, 0.4) is 0 Å². The lowest BCUT2D eigenvalue weighted by molar-refractivity contribution is -1.06.